The molecule has 2 aromatic heterocycles. The average molecular weight is 365 g/mol. The van der Waals surface area contributed by atoms with Crippen LogP contribution in [0.5, 0.6) is 11.6 Å². The first-order valence-corrected chi connectivity index (χ1v) is 9.25. The standard InChI is InChI=1S/C20H23N5O2/c1-14-7-10-21-11-8-19(14)27-20-6-5-17(23-24-20)16-4-3-15(13-18(16)26)25-12-2-9-22-25/h2-6,9,12-14,19,21,26H,7-8,10-11H2,1H3. The van der Waals surface area contributed by atoms with Gasteiger partial charge in [0.25, 0.3) is 0 Å². The minimum atomic E-state index is 0.134. The molecular formula is C20H23N5O2. The summed E-state index contributed by atoms with van der Waals surface area (Å²) in [5.74, 6) is 1.12. The molecule has 0 radical (unpaired) electrons. The molecule has 27 heavy (non-hydrogen) atoms. The van der Waals surface area contributed by atoms with E-state index in [9.17, 15) is 5.11 Å². The number of hydrogen-bond donors (Lipinski definition) is 2. The van der Waals surface area contributed by atoms with E-state index >= 15 is 0 Å². The molecule has 1 aromatic carbocycles. The Morgan fingerprint density at radius 3 is 2.78 bits per heavy atom. The predicted octanol–water partition coefficient (Wildman–Crippen LogP) is 2.80. The van der Waals surface area contributed by atoms with Gasteiger partial charge >= 0.3 is 0 Å². The Morgan fingerprint density at radius 1 is 1.15 bits per heavy atom. The molecular weight excluding hydrogens is 342 g/mol. The van der Waals surface area contributed by atoms with Gasteiger partial charge < -0.3 is 15.2 Å². The number of hydrogen-bond acceptors (Lipinski definition) is 6. The van der Waals surface area contributed by atoms with Crippen LogP contribution in [0.3, 0.4) is 0 Å². The fourth-order valence-electron chi connectivity index (χ4n) is 3.33. The lowest BCUT2D eigenvalue weighted by Crippen LogP contribution is -2.25. The average Bonchev–Trinajstić information content (AvgIpc) is 3.15. The zero-order valence-corrected chi connectivity index (χ0v) is 15.2. The fraction of sp³-hybridized carbons (Fsp3) is 0.350. The molecule has 3 aromatic rings. The van der Waals surface area contributed by atoms with E-state index in [1.54, 1.807) is 16.9 Å². The first-order valence-electron chi connectivity index (χ1n) is 9.25. The quantitative estimate of drug-likeness (QED) is 0.740. The summed E-state index contributed by atoms with van der Waals surface area (Å²) < 4.78 is 7.74. The van der Waals surface area contributed by atoms with Crippen LogP contribution >= 0.6 is 0 Å². The highest BCUT2D eigenvalue weighted by atomic mass is 16.5. The molecule has 0 amide bonds. The number of nitrogens with one attached hydrogen (secondary N) is 1. The Balaban J connectivity index is 1.50. The smallest absolute Gasteiger partial charge is 0.233 e. The molecule has 2 atom stereocenters. The molecule has 1 saturated heterocycles. The van der Waals surface area contributed by atoms with Gasteiger partial charge in [0.2, 0.25) is 5.88 Å². The van der Waals surface area contributed by atoms with Crippen molar-refractivity contribution in [2.45, 2.75) is 25.9 Å². The molecule has 140 valence electrons. The highest BCUT2D eigenvalue weighted by Gasteiger charge is 2.22. The van der Waals surface area contributed by atoms with Crippen LogP contribution in [-0.4, -0.2) is 44.3 Å². The van der Waals surface area contributed by atoms with E-state index in [0.29, 0.717) is 23.1 Å². The Morgan fingerprint density at radius 2 is 2.04 bits per heavy atom. The van der Waals surface area contributed by atoms with E-state index in [4.69, 9.17) is 4.74 Å². The number of ether oxygens (including phenoxy) is 1. The first kappa shape index (κ1) is 17.5. The van der Waals surface area contributed by atoms with Crippen molar-refractivity contribution in [3.05, 3.63) is 48.8 Å². The van der Waals surface area contributed by atoms with E-state index in [1.165, 1.54) is 0 Å². The van der Waals surface area contributed by atoms with E-state index in [2.05, 4.69) is 27.5 Å². The van der Waals surface area contributed by atoms with Gasteiger partial charge in [-0.3, -0.25) is 0 Å². The molecule has 2 unspecified atom stereocenters. The van der Waals surface area contributed by atoms with Gasteiger partial charge in [-0.15, -0.1) is 10.2 Å². The third-order valence-electron chi connectivity index (χ3n) is 4.96. The third kappa shape index (κ3) is 3.93. The summed E-state index contributed by atoms with van der Waals surface area (Å²) >= 11 is 0. The maximum absolute atomic E-state index is 10.4. The highest BCUT2D eigenvalue weighted by molar-refractivity contribution is 5.68. The molecule has 0 spiro atoms. The second kappa shape index (κ2) is 7.75. The largest absolute Gasteiger partial charge is 0.507 e. The van der Waals surface area contributed by atoms with Crippen LogP contribution < -0.4 is 10.1 Å². The molecule has 7 heteroatoms. The van der Waals surface area contributed by atoms with Crippen LogP contribution in [0.2, 0.25) is 0 Å². The lowest BCUT2D eigenvalue weighted by molar-refractivity contribution is 0.131. The zero-order valence-electron chi connectivity index (χ0n) is 15.2. The molecule has 3 heterocycles. The minimum absolute atomic E-state index is 0.134. The summed E-state index contributed by atoms with van der Waals surface area (Å²) in [6.45, 7) is 4.19. The number of phenolic OH excluding ortho intramolecular Hbond substituents is 1. The van der Waals surface area contributed by atoms with Gasteiger partial charge in [-0.25, -0.2) is 4.68 Å². The molecule has 7 nitrogen and oxygen atoms in total. The van der Waals surface area contributed by atoms with Crippen LogP contribution in [0.25, 0.3) is 16.9 Å². The number of rotatable bonds is 4. The van der Waals surface area contributed by atoms with Gasteiger partial charge in [-0.2, -0.15) is 5.10 Å². The van der Waals surface area contributed by atoms with E-state index < -0.39 is 0 Å². The van der Waals surface area contributed by atoms with Crippen LogP contribution in [-0.2, 0) is 0 Å². The van der Waals surface area contributed by atoms with Crippen molar-refractivity contribution in [2.75, 3.05) is 13.1 Å². The summed E-state index contributed by atoms with van der Waals surface area (Å²) in [6, 6.07) is 10.8. The molecule has 1 aliphatic rings. The molecule has 0 saturated carbocycles. The van der Waals surface area contributed by atoms with Crippen molar-refractivity contribution in [1.29, 1.82) is 0 Å². The number of nitrogens with zero attached hydrogens (tertiary/aromatic N) is 4. The maximum atomic E-state index is 10.4. The number of aromatic hydroxyl groups is 1. The Kier molecular flexibility index (Phi) is 5.02. The van der Waals surface area contributed by atoms with Crippen LogP contribution in [0.15, 0.2) is 48.8 Å². The van der Waals surface area contributed by atoms with Gasteiger partial charge in [0.05, 0.1) is 11.4 Å². The van der Waals surface area contributed by atoms with E-state index in [-0.39, 0.29) is 11.9 Å². The molecule has 4 rings (SSSR count). The predicted molar refractivity (Wildman–Crippen MR) is 102 cm³/mol. The lowest BCUT2D eigenvalue weighted by Gasteiger charge is -2.21. The summed E-state index contributed by atoms with van der Waals surface area (Å²) in [7, 11) is 0. The minimum Gasteiger partial charge on any atom is -0.507 e. The van der Waals surface area contributed by atoms with Gasteiger partial charge in [0.1, 0.15) is 11.9 Å². The number of benzene rings is 1. The van der Waals surface area contributed by atoms with Crippen LogP contribution in [0.4, 0.5) is 0 Å². The number of aromatic nitrogens is 4. The molecule has 0 bridgehead atoms. The second-order valence-electron chi connectivity index (χ2n) is 6.87. The van der Waals surface area contributed by atoms with Crippen molar-refractivity contribution in [2.24, 2.45) is 5.92 Å². The number of phenols is 1. The summed E-state index contributed by atoms with van der Waals surface area (Å²) in [5.41, 5.74) is 2.00. The third-order valence-corrected chi connectivity index (χ3v) is 4.96. The van der Waals surface area contributed by atoms with Gasteiger partial charge in [0, 0.05) is 30.1 Å². The van der Waals surface area contributed by atoms with Crippen molar-refractivity contribution in [3.63, 3.8) is 0 Å². The molecule has 1 aliphatic heterocycles. The van der Waals surface area contributed by atoms with Crippen molar-refractivity contribution >= 4 is 0 Å². The molecule has 1 fully saturated rings. The normalized spacial score (nSPS) is 20.2. The van der Waals surface area contributed by atoms with Crippen molar-refractivity contribution in [1.82, 2.24) is 25.3 Å². The summed E-state index contributed by atoms with van der Waals surface area (Å²) in [6.07, 6.45) is 5.71. The van der Waals surface area contributed by atoms with Gasteiger partial charge in [0.15, 0.2) is 0 Å². The Hall–Kier alpha value is -2.93. The van der Waals surface area contributed by atoms with Crippen LogP contribution in [0.1, 0.15) is 19.8 Å². The zero-order chi connectivity index (χ0) is 18.6. The Labute approximate surface area is 158 Å². The molecule has 2 N–H and O–H groups in total. The van der Waals surface area contributed by atoms with E-state index in [0.717, 1.165) is 31.6 Å². The monoisotopic (exact) mass is 365 g/mol. The van der Waals surface area contributed by atoms with Gasteiger partial charge in [-0.1, -0.05) is 6.92 Å². The SMILES string of the molecule is CC1CCNCCC1Oc1ccc(-c2ccc(-n3cccn3)cc2O)nn1. The van der Waals surface area contributed by atoms with E-state index in [1.807, 2.05) is 36.5 Å². The van der Waals surface area contributed by atoms with Gasteiger partial charge in [-0.05, 0) is 56.1 Å². The maximum Gasteiger partial charge on any atom is 0.233 e. The summed E-state index contributed by atoms with van der Waals surface area (Å²) in [4.78, 5) is 0. The lowest BCUT2D eigenvalue weighted by atomic mass is 10.00. The second-order valence-corrected chi connectivity index (χ2v) is 6.87. The Bertz CT molecular complexity index is 880. The highest BCUT2D eigenvalue weighted by Crippen LogP contribution is 2.30. The topological polar surface area (TPSA) is 85.1 Å². The van der Waals surface area contributed by atoms with Crippen molar-refractivity contribution in [3.8, 4) is 28.6 Å². The summed E-state index contributed by atoms with van der Waals surface area (Å²) in [5, 5.41) is 26.4. The van der Waals surface area contributed by atoms with Crippen LogP contribution in [0, 0.1) is 5.92 Å². The first-order chi connectivity index (χ1) is 13.2. The van der Waals surface area contributed by atoms with Crippen molar-refractivity contribution < 1.29 is 9.84 Å². The molecule has 0 aliphatic carbocycles. The fourth-order valence-corrected chi connectivity index (χ4v) is 3.33.